The topological polar surface area (TPSA) is 203 Å². The summed E-state index contributed by atoms with van der Waals surface area (Å²) in [4.78, 5) is 85.5. The highest BCUT2D eigenvalue weighted by atomic mass is 16.6. The molecule has 0 aromatic carbocycles. The van der Waals surface area contributed by atoms with Crippen LogP contribution in [-0.2, 0) is 35.1 Å². The van der Waals surface area contributed by atoms with Gasteiger partial charge in [0.15, 0.2) is 6.33 Å². The number of Topliss-reactive ketones (excluding diaryl/α,β-unsaturated/α-hetero) is 3. The summed E-state index contributed by atoms with van der Waals surface area (Å²) in [5.41, 5.74) is 0.934. The molecule has 1 aromatic rings. The van der Waals surface area contributed by atoms with E-state index in [1.165, 1.54) is 89.8 Å². The number of ketones is 3. The minimum atomic E-state index is -0.409. The zero-order valence-electron chi connectivity index (χ0n) is 56.9. The minimum Gasteiger partial charge on any atom is -0.446 e. The molecule has 17 heteroatoms. The van der Waals surface area contributed by atoms with Crippen molar-refractivity contribution in [3.63, 3.8) is 0 Å². The Kier molecular flexibility index (Phi) is 18.8. The van der Waals surface area contributed by atoms with Gasteiger partial charge in [-0.3, -0.25) is 14.4 Å². The Hall–Kier alpha value is -4.12. The van der Waals surface area contributed by atoms with Crippen molar-refractivity contribution in [2.45, 2.75) is 253 Å². The molecule has 2 N–H and O–H groups in total. The van der Waals surface area contributed by atoms with Crippen LogP contribution in [0.5, 0.6) is 0 Å². The van der Waals surface area contributed by atoms with Gasteiger partial charge in [0.25, 0.3) is 0 Å². The van der Waals surface area contributed by atoms with Crippen LogP contribution in [0.1, 0.15) is 234 Å². The molecule has 14 fully saturated rings. The number of fused-ring (bicyclic) bond motifs is 15. The molecule has 2 saturated heterocycles. The second kappa shape index (κ2) is 26.1. The molecular formula is C74H115N7O10. The number of piperazine rings is 1. The maximum atomic E-state index is 12.7. The zero-order valence-corrected chi connectivity index (χ0v) is 56.9. The highest BCUT2D eigenvalue weighted by molar-refractivity contribution is 5.88. The molecule has 1 aromatic heterocycles. The lowest BCUT2D eigenvalue weighted by Gasteiger charge is -2.60. The van der Waals surface area contributed by atoms with Crippen molar-refractivity contribution in [1.29, 1.82) is 0 Å². The van der Waals surface area contributed by atoms with Crippen LogP contribution >= 0.6 is 0 Å². The number of hydrogen-bond donors (Lipinski definition) is 2. The molecule has 0 spiro atoms. The first-order valence-corrected chi connectivity index (χ1v) is 37.2. The maximum Gasteiger partial charge on any atom is 0.410 e. The Bertz CT molecular complexity index is 2800. The molecule has 12 saturated carbocycles. The van der Waals surface area contributed by atoms with Crippen molar-refractivity contribution >= 4 is 35.6 Å². The van der Waals surface area contributed by atoms with Gasteiger partial charge in [0.05, 0.1) is 0 Å². The van der Waals surface area contributed by atoms with Gasteiger partial charge in [0, 0.05) is 74.8 Å². The number of ether oxygens (including phenoxy) is 3. The third-order valence-electron chi connectivity index (χ3n) is 30.2. The molecule has 17 nitrogen and oxygen atoms in total. The predicted molar refractivity (Wildman–Crippen MR) is 345 cm³/mol. The molecular weight excluding hydrogens is 1150 g/mol. The van der Waals surface area contributed by atoms with Crippen LogP contribution in [-0.4, -0.2) is 138 Å². The Morgan fingerprint density at radius 3 is 1.34 bits per heavy atom. The van der Waals surface area contributed by atoms with Gasteiger partial charge in [-0.1, -0.05) is 46.7 Å². The molecule has 3 amide bonds. The van der Waals surface area contributed by atoms with Gasteiger partial charge in [0.2, 0.25) is 5.89 Å². The maximum absolute atomic E-state index is 12.7. The summed E-state index contributed by atoms with van der Waals surface area (Å²) in [6, 6.07) is 0. The second-order valence-corrected chi connectivity index (χ2v) is 34.1. The van der Waals surface area contributed by atoms with E-state index in [1.807, 2.05) is 4.90 Å². The molecule has 2 aliphatic heterocycles. The van der Waals surface area contributed by atoms with E-state index in [-0.39, 0.29) is 53.3 Å². The van der Waals surface area contributed by atoms with Crippen LogP contribution in [0.15, 0.2) is 10.9 Å². The van der Waals surface area contributed by atoms with Crippen molar-refractivity contribution in [1.82, 2.24) is 35.5 Å². The van der Waals surface area contributed by atoms with Crippen molar-refractivity contribution in [2.75, 3.05) is 59.4 Å². The molecule has 0 radical (unpaired) electrons. The van der Waals surface area contributed by atoms with Crippen molar-refractivity contribution < 1.29 is 47.5 Å². The number of amides is 3. The van der Waals surface area contributed by atoms with Gasteiger partial charge < -0.3 is 44.1 Å². The van der Waals surface area contributed by atoms with Crippen molar-refractivity contribution in [2.24, 2.45) is 104 Å². The summed E-state index contributed by atoms with van der Waals surface area (Å²) < 4.78 is 22.5. The van der Waals surface area contributed by atoms with Gasteiger partial charge in [-0.25, -0.2) is 14.4 Å². The Labute approximate surface area is 544 Å². The van der Waals surface area contributed by atoms with E-state index < -0.39 is 6.09 Å². The summed E-state index contributed by atoms with van der Waals surface area (Å²) in [6.07, 6.45) is 32.8. The zero-order chi connectivity index (χ0) is 63.7. The number of likely N-dealkylation sites (tertiary alicyclic amines) is 1. The molecule has 3 heterocycles. The fourth-order valence-corrected chi connectivity index (χ4v) is 24.6. The average Bonchev–Trinajstić information content (AvgIpc) is 1.73. The number of aromatic nitrogens is 2. The van der Waals surface area contributed by atoms with Gasteiger partial charge >= 0.3 is 18.3 Å². The fraction of sp³-hybridized carbons (Fsp3) is 0.892. The number of carbonyl (C=O) groups excluding carboxylic acids is 6. The summed E-state index contributed by atoms with van der Waals surface area (Å²) in [5.74, 6) is 10.1. The Balaban J connectivity index is 0.000000125. The fourth-order valence-electron chi connectivity index (χ4n) is 24.6. The van der Waals surface area contributed by atoms with Crippen molar-refractivity contribution in [3.05, 3.63) is 12.2 Å². The van der Waals surface area contributed by atoms with E-state index in [0.29, 0.717) is 93.4 Å². The highest BCUT2D eigenvalue weighted by Gasteiger charge is 2.64. The minimum absolute atomic E-state index is 0.0239. The van der Waals surface area contributed by atoms with Gasteiger partial charge in [-0.15, -0.1) is 0 Å². The number of alkyl carbamates (subject to hydrolysis) is 2. The lowest BCUT2D eigenvalue weighted by atomic mass is 9.45. The monoisotopic (exact) mass is 1260 g/mol. The predicted octanol–water partition coefficient (Wildman–Crippen LogP) is 13.4. The first-order chi connectivity index (χ1) is 43.6. The van der Waals surface area contributed by atoms with E-state index in [4.69, 9.17) is 18.7 Å². The quantitative estimate of drug-likeness (QED) is 0.233. The van der Waals surface area contributed by atoms with E-state index in [9.17, 15) is 28.8 Å². The molecule has 12 aliphatic carbocycles. The number of likely N-dealkylation sites (N-methyl/N-ethyl adjacent to an activating group) is 1. The van der Waals surface area contributed by atoms with Crippen LogP contribution in [0.3, 0.4) is 0 Å². The van der Waals surface area contributed by atoms with Crippen molar-refractivity contribution in [3.8, 4) is 0 Å². The summed E-state index contributed by atoms with van der Waals surface area (Å²) in [5, 5.41) is 9.22. The summed E-state index contributed by atoms with van der Waals surface area (Å²) in [7, 11) is 2.11. The molecule has 91 heavy (non-hydrogen) atoms. The Morgan fingerprint density at radius 2 is 0.923 bits per heavy atom. The van der Waals surface area contributed by atoms with Crippen LogP contribution in [0.2, 0.25) is 0 Å². The van der Waals surface area contributed by atoms with Gasteiger partial charge in [0.1, 0.15) is 42.2 Å². The van der Waals surface area contributed by atoms with Crippen LogP contribution in [0, 0.1) is 104 Å². The number of hydrogen-bond acceptors (Lipinski definition) is 14. The molecule has 21 unspecified atom stereocenters. The van der Waals surface area contributed by atoms with E-state index in [2.05, 4.69) is 79.2 Å². The van der Waals surface area contributed by atoms with Gasteiger partial charge in [-0.05, 0) is 274 Å². The van der Waals surface area contributed by atoms with E-state index in [1.54, 1.807) is 0 Å². The normalized spacial score (nSPS) is 44.8. The third kappa shape index (κ3) is 12.4. The first-order valence-electron chi connectivity index (χ1n) is 37.2. The lowest BCUT2D eigenvalue weighted by Crippen LogP contribution is -2.54. The number of carbonyl (C=O) groups is 6. The molecule has 506 valence electrons. The third-order valence-corrected chi connectivity index (χ3v) is 30.2. The van der Waals surface area contributed by atoms with E-state index >= 15 is 0 Å². The van der Waals surface area contributed by atoms with Crippen LogP contribution in [0.25, 0.3) is 0 Å². The average molecular weight is 1260 g/mol. The SMILES string of the molecule is CC12CCC3C(CCC4CC(OC(=O)NCCN5CCCC5)CCC43C)C1CCC2=O.CC12CCC3C(CCC4CC(OC(=O)NCc5ncno5)CCC43C)C1CCC2=O.CN1CCN(C(=O)OC2CCC3(C)C(CCC4C5CCC(=O)C5(C)CCC43)C2)CC1. The number of nitrogens with zero attached hydrogens (tertiary/aromatic N) is 5. The second-order valence-electron chi connectivity index (χ2n) is 34.1. The number of rotatable bonds is 8. The summed E-state index contributed by atoms with van der Waals surface area (Å²) in [6.45, 7) is 21.9. The smallest absolute Gasteiger partial charge is 0.410 e. The van der Waals surface area contributed by atoms with Crippen LogP contribution in [0.4, 0.5) is 14.4 Å². The molecule has 15 rings (SSSR count). The largest absolute Gasteiger partial charge is 0.446 e. The standard InChI is InChI=1S/C26H42N2O3.C25H40N2O3.C23H33N3O4/c1-25-11-9-19(31-24(30)27-13-16-28-14-3-4-15-28)17-18(25)5-6-20-21-7-8-23(29)26(21,2)12-10-22(20)25;1-24-10-8-18(30-23(29)27-14-12-26(3)13-15-27)16-17(24)4-5-19-20-6-7-22(28)25(20,2)11-9-21(19)24;1-22-9-7-15(29-21(28)24-12-20-25-13-26-30-20)11-14(22)3-4-16-17-5-6-19(27)23(17,2)10-8-18(16)22/h18-22H,3-17H2,1-2H3,(H,27,30);17-21H,4-16H2,1-3H3;13-18H,3-12H2,1-2H3,(H,24,28). The summed E-state index contributed by atoms with van der Waals surface area (Å²) >= 11 is 0. The molecule has 14 aliphatic rings. The lowest BCUT2D eigenvalue weighted by molar-refractivity contribution is -0.143. The van der Waals surface area contributed by atoms with Crippen LogP contribution < -0.4 is 10.6 Å². The Morgan fingerprint density at radius 1 is 0.505 bits per heavy atom. The highest BCUT2D eigenvalue weighted by Crippen LogP contribution is 2.69. The molecule has 0 bridgehead atoms. The number of nitrogens with one attached hydrogen (secondary N) is 2. The van der Waals surface area contributed by atoms with Gasteiger partial charge in [-0.2, -0.15) is 4.98 Å². The van der Waals surface area contributed by atoms with E-state index in [0.717, 1.165) is 172 Å². The first kappa shape index (κ1) is 65.5. The molecule has 21 atom stereocenters.